The molecule has 2 aliphatic rings. The van der Waals surface area contributed by atoms with Crippen LogP contribution in [0.1, 0.15) is 78.1 Å². The van der Waals surface area contributed by atoms with Crippen LogP contribution in [0.2, 0.25) is 0 Å². The van der Waals surface area contributed by atoms with E-state index in [4.69, 9.17) is 9.47 Å². The molecular weight excluding hydrogens is 280 g/mol. The fourth-order valence-corrected chi connectivity index (χ4v) is 3.80. The molecule has 2 saturated carbocycles. The topological polar surface area (TPSA) is 55.8 Å². The van der Waals surface area contributed by atoms with E-state index in [-0.39, 0.29) is 5.60 Å². The molecule has 128 valence electrons. The lowest BCUT2D eigenvalue weighted by atomic mass is 9.82. The van der Waals surface area contributed by atoms with Crippen LogP contribution in [-0.4, -0.2) is 36.0 Å². The van der Waals surface area contributed by atoms with Crippen molar-refractivity contribution in [2.45, 2.75) is 89.8 Å². The zero-order valence-corrected chi connectivity index (χ0v) is 14.2. The molecule has 22 heavy (non-hydrogen) atoms. The highest BCUT2D eigenvalue weighted by Gasteiger charge is 2.40. The second-order valence-corrected chi connectivity index (χ2v) is 7.72. The molecular formula is C18H32O4. The third kappa shape index (κ3) is 4.95. The highest BCUT2D eigenvalue weighted by molar-refractivity contribution is 5.74. The Hall–Kier alpha value is -0.610. The predicted molar refractivity (Wildman–Crippen MR) is 86.0 cm³/mol. The van der Waals surface area contributed by atoms with E-state index in [0.29, 0.717) is 19.3 Å². The van der Waals surface area contributed by atoms with Crippen LogP contribution in [0.25, 0.3) is 0 Å². The van der Waals surface area contributed by atoms with Crippen LogP contribution in [-0.2, 0) is 14.3 Å². The molecule has 4 heteroatoms. The molecule has 0 spiro atoms. The zero-order chi connectivity index (χ0) is 16.1. The van der Waals surface area contributed by atoms with Gasteiger partial charge in [0.15, 0.2) is 0 Å². The molecule has 0 amide bonds. The van der Waals surface area contributed by atoms with E-state index < -0.39 is 11.4 Å². The van der Waals surface area contributed by atoms with Gasteiger partial charge in [-0.2, -0.15) is 0 Å². The molecule has 2 aliphatic carbocycles. The van der Waals surface area contributed by atoms with E-state index in [9.17, 15) is 9.90 Å². The number of carbonyl (C=O) groups is 1. The summed E-state index contributed by atoms with van der Waals surface area (Å²) in [7, 11) is 0. The van der Waals surface area contributed by atoms with E-state index >= 15 is 0 Å². The fourth-order valence-electron chi connectivity index (χ4n) is 3.80. The first-order valence-corrected chi connectivity index (χ1v) is 8.93. The first kappa shape index (κ1) is 17.7. The van der Waals surface area contributed by atoms with Crippen molar-refractivity contribution in [3.63, 3.8) is 0 Å². The largest absolute Gasteiger partial charge is 0.481 e. The third-order valence-corrected chi connectivity index (χ3v) is 5.28. The number of hydrogen-bond acceptors (Lipinski definition) is 3. The SMILES string of the molecule is CC(C)(COC1CCCC1)OCCCC1(C(=O)O)CCCC1. The number of carboxylic acids is 1. The maximum atomic E-state index is 11.5. The van der Waals surface area contributed by atoms with Crippen molar-refractivity contribution in [1.29, 1.82) is 0 Å². The molecule has 0 heterocycles. The van der Waals surface area contributed by atoms with Crippen molar-refractivity contribution in [2.24, 2.45) is 5.41 Å². The molecule has 0 aromatic rings. The monoisotopic (exact) mass is 312 g/mol. The van der Waals surface area contributed by atoms with Crippen molar-refractivity contribution in [3.05, 3.63) is 0 Å². The first-order valence-electron chi connectivity index (χ1n) is 8.93. The smallest absolute Gasteiger partial charge is 0.309 e. The molecule has 0 bridgehead atoms. The van der Waals surface area contributed by atoms with Gasteiger partial charge in [0.05, 0.1) is 23.7 Å². The van der Waals surface area contributed by atoms with E-state index in [1.54, 1.807) is 0 Å². The summed E-state index contributed by atoms with van der Waals surface area (Å²) in [5.74, 6) is -0.617. The maximum Gasteiger partial charge on any atom is 0.309 e. The quantitative estimate of drug-likeness (QED) is 0.649. The summed E-state index contributed by atoms with van der Waals surface area (Å²) in [6.07, 6.45) is 10.6. The Morgan fingerprint density at radius 3 is 2.41 bits per heavy atom. The molecule has 4 nitrogen and oxygen atoms in total. The van der Waals surface area contributed by atoms with E-state index in [2.05, 4.69) is 13.8 Å². The van der Waals surface area contributed by atoms with Gasteiger partial charge in [-0.3, -0.25) is 4.79 Å². The van der Waals surface area contributed by atoms with Gasteiger partial charge < -0.3 is 14.6 Å². The van der Waals surface area contributed by atoms with Gasteiger partial charge in [-0.25, -0.2) is 0 Å². The highest BCUT2D eigenvalue weighted by Crippen LogP contribution is 2.42. The molecule has 0 aromatic carbocycles. The van der Waals surface area contributed by atoms with Crippen molar-refractivity contribution in [3.8, 4) is 0 Å². The maximum absolute atomic E-state index is 11.5. The van der Waals surface area contributed by atoms with Crippen LogP contribution in [0.5, 0.6) is 0 Å². The summed E-state index contributed by atoms with van der Waals surface area (Å²) in [5, 5.41) is 9.47. The van der Waals surface area contributed by atoms with Gasteiger partial charge in [-0.05, 0) is 52.4 Å². The number of rotatable bonds is 9. The lowest BCUT2D eigenvalue weighted by Crippen LogP contribution is -2.34. The average molecular weight is 312 g/mol. The highest BCUT2D eigenvalue weighted by atomic mass is 16.5. The molecule has 0 saturated heterocycles. The minimum Gasteiger partial charge on any atom is -0.481 e. The van der Waals surface area contributed by atoms with Crippen LogP contribution in [0.4, 0.5) is 0 Å². The minimum absolute atomic E-state index is 0.283. The fraction of sp³-hybridized carbons (Fsp3) is 0.944. The van der Waals surface area contributed by atoms with Gasteiger partial charge in [-0.1, -0.05) is 25.7 Å². The second kappa shape index (κ2) is 7.78. The van der Waals surface area contributed by atoms with Gasteiger partial charge in [0.25, 0.3) is 0 Å². The summed E-state index contributed by atoms with van der Waals surface area (Å²) in [5.41, 5.74) is -0.761. The Morgan fingerprint density at radius 2 is 1.82 bits per heavy atom. The average Bonchev–Trinajstić information content (AvgIpc) is 3.13. The van der Waals surface area contributed by atoms with Crippen LogP contribution in [0.3, 0.4) is 0 Å². The van der Waals surface area contributed by atoms with Gasteiger partial charge in [0.2, 0.25) is 0 Å². The van der Waals surface area contributed by atoms with E-state index in [0.717, 1.165) is 38.5 Å². The van der Waals surface area contributed by atoms with Crippen molar-refractivity contribution >= 4 is 5.97 Å². The third-order valence-electron chi connectivity index (χ3n) is 5.28. The van der Waals surface area contributed by atoms with Crippen LogP contribution < -0.4 is 0 Å². The van der Waals surface area contributed by atoms with Gasteiger partial charge in [-0.15, -0.1) is 0 Å². The van der Waals surface area contributed by atoms with Crippen molar-refractivity contribution in [2.75, 3.05) is 13.2 Å². The van der Waals surface area contributed by atoms with E-state index in [1.807, 2.05) is 0 Å². The summed E-state index contributed by atoms with van der Waals surface area (Å²) < 4.78 is 11.9. The van der Waals surface area contributed by atoms with Crippen molar-refractivity contribution in [1.82, 2.24) is 0 Å². The molecule has 0 unspecified atom stereocenters. The normalized spacial score (nSPS) is 22.3. The molecule has 2 rings (SSSR count). The Balaban J connectivity index is 1.64. The van der Waals surface area contributed by atoms with Crippen molar-refractivity contribution < 1.29 is 19.4 Å². The summed E-state index contributed by atoms with van der Waals surface area (Å²) in [4.78, 5) is 11.5. The second-order valence-electron chi connectivity index (χ2n) is 7.72. The molecule has 0 aliphatic heterocycles. The summed E-state index contributed by atoms with van der Waals surface area (Å²) >= 11 is 0. The Kier molecular flexibility index (Phi) is 6.27. The standard InChI is InChI=1S/C18H32O4/c1-17(2,14-21-15-8-3-4-9-15)22-13-7-12-18(16(19)20)10-5-6-11-18/h15H,3-14H2,1-2H3,(H,19,20). The zero-order valence-electron chi connectivity index (χ0n) is 14.2. The molecule has 1 N–H and O–H groups in total. The van der Waals surface area contributed by atoms with E-state index in [1.165, 1.54) is 25.7 Å². The number of aliphatic carboxylic acids is 1. The van der Waals surface area contributed by atoms with Crippen LogP contribution in [0, 0.1) is 5.41 Å². The number of carboxylic acid groups (broad SMARTS) is 1. The number of ether oxygens (including phenoxy) is 2. The minimum atomic E-state index is -0.617. The van der Waals surface area contributed by atoms with Gasteiger partial charge >= 0.3 is 5.97 Å². The lowest BCUT2D eigenvalue weighted by Gasteiger charge is -2.28. The Morgan fingerprint density at radius 1 is 1.18 bits per heavy atom. The molecule has 0 aromatic heterocycles. The number of hydrogen-bond donors (Lipinski definition) is 1. The van der Waals surface area contributed by atoms with Gasteiger partial charge in [0, 0.05) is 6.61 Å². The molecule has 0 atom stereocenters. The first-order chi connectivity index (χ1) is 10.4. The molecule has 0 radical (unpaired) electrons. The Bertz CT molecular complexity index is 352. The van der Waals surface area contributed by atoms with Gasteiger partial charge in [0.1, 0.15) is 0 Å². The van der Waals surface area contributed by atoms with Crippen LogP contribution in [0.15, 0.2) is 0 Å². The Labute approximate surface area is 134 Å². The molecule has 2 fully saturated rings. The summed E-state index contributed by atoms with van der Waals surface area (Å²) in [6.45, 7) is 5.37. The van der Waals surface area contributed by atoms with Crippen LogP contribution >= 0.6 is 0 Å². The lowest BCUT2D eigenvalue weighted by molar-refractivity contribution is -0.149. The predicted octanol–water partition coefficient (Wildman–Crippen LogP) is 4.17. The summed E-state index contributed by atoms with van der Waals surface area (Å²) in [6, 6.07) is 0.